The molecule has 0 saturated carbocycles. The second-order valence-corrected chi connectivity index (χ2v) is 4.85. The molecule has 20 heavy (non-hydrogen) atoms. The zero-order chi connectivity index (χ0) is 13.2. The van der Waals surface area contributed by atoms with Crippen LogP contribution in [0.25, 0.3) is 10.9 Å². The van der Waals surface area contributed by atoms with Crippen LogP contribution in [0.3, 0.4) is 0 Å². The topological polar surface area (TPSA) is 63.9 Å². The van der Waals surface area contributed by atoms with Crippen LogP contribution in [0.4, 0.5) is 4.39 Å². The molecule has 3 rings (SSSR count). The fraction of sp³-hybridized carbons (Fsp3) is 0.154. The van der Waals surface area contributed by atoms with Gasteiger partial charge in [0, 0.05) is 35.1 Å². The quantitative estimate of drug-likeness (QED) is 0.777. The molecule has 0 fully saturated rings. The van der Waals surface area contributed by atoms with Crippen LogP contribution in [-0.2, 0) is 13.2 Å². The van der Waals surface area contributed by atoms with E-state index in [4.69, 9.17) is 10.5 Å². The summed E-state index contributed by atoms with van der Waals surface area (Å²) in [6.07, 6.45) is 0. The van der Waals surface area contributed by atoms with Crippen LogP contribution in [0, 0.1) is 5.82 Å². The molecule has 1 aromatic carbocycles. The molecule has 3 aromatic rings. The lowest BCUT2D eigenvalue weighted by molar-refractivity contribution is 0.301. The van der Waals surface area contributed by atoms with Gasteiger partial charge in [-0.15, -0.1) is 23.7 Å². The van der Waals surface area contributed by atoms with Crippen molar-refractivity contribution in [3.63, 3.8) is 0 Å². The molecule has 7 heteroatoms. The van der Waals surface area contributed by atoms with E-state index in [1.165, 1.54) is 17.4 Å². The maximum Gasteiger partial charge on any atom is 0.136 e. The van der Waals surface area contributed by atoms with Crippen LogP contribution < -0.4 is 10.5 Å². The Balaban J connectivity index is 0.00000147. The van der Waals surface area contributed by atoms with Crippen LogP contribution in [0.15, 0.2) is 29.1 Å². The van der Waals surface area contributed by atoms with Gasteiger partial charge in [-0.2, -0.15) is 0 Å². The molecular weight excluding hydrogens is 301 g/mol. The molecule has 2 aromatic heterocycles. The van der Waals surface area contributed by atoms with E-state index < -0.39 is 0 Å². The predicted octanol–water partition coefficient (Wildman–Crippen LogP) is 3.22. The second-order valence-electron chi connectivity index (χ2n) is 4.13. The molecule has 0 aliphatic heterocycles. The summed E-state index contributed by atoms with van der Waals surface area (Å²) in [7, 11) is 0. The van der Waals surface area contributed by atoms with Gasteiger partial charge in [0.2, 0.25) is 0 Å². The Labute approximate surface area is 125 Å². The van der Waals surface area contributed by atoms with Crippen molar-refractivity contribution in [2.24, 2.45) is 5.73 Å². The number of nitrogens with zero attached hydrogens (tertiary/aromatic N) is 1. The number of H-pyrrole nitrogens is 1. The van der Waals surface area contributed by atoms with Gasteiger partial charge in [-0.3, -0.25) is 0 Å². The number of aromatic amines is 1. The van der Waals surface area contributed by atoms with E-state index in [1.54, 1.807) is 17.6 Å². The summed E-state index contributed by atoms with van der Waals surface area (Å²) in [6.45, 7) is 0.683. The highest BCUT2D eigenvalue weighted by Crippen LogP contribution is 2.25. The van der Waals surface area contributed by atoms with Crippen molar-refractivity contribution in [2.45, 2.75) is 13.2 Å². The van der Waals surface area contributed by atoms with E-state index in [0.717, 1.165) is 11.4 Å². The Hall–Kier alpha value is -1.63. The average molecular weight is 314 g/mol. The third kappa shape index (κ3) is 2.92. The van der Waals surface area contributed by atoms with Crippen molar-refractivity contribution < 1.29 is 9.13 Å². The molecule has 4 nitrogen and oxygen atoms in total. The first-order valence-corrected chi connectivity index (χ1v) is 6.71. The normalized spacial score (nSPS) is 10.5. The Morgan fingerprint density at radius 3 is 2.90 bits per heavy atom. The molecule has 0 amide bonds. The maximum absolute atomic E-state index is 13.9. The third-order valence-corrected chi connectivity index (χ3v) is 3.44. The van der Waals surface area contributed by atoms with Gasteiger partial charge < -0.3 is 15.5 Å². The first kappa shape index (κ1) is 14.8. The van der Waals surface area contributed by atoms with Crippen molar-refractivity contribution in [1.82, 2.24) is 9.97 Å². The van der Waals surface area contributed by atoms with Gasteiger partial charge >= 0.3 is 0 Å². The third-order valence-electron chi connectivity index (χ3n) is 2.81. The van der Waals surface area contributed by atoms with Gasteiger partial charge in [-0.1, -0.05) is 0 Å². The molecule has 0 atom stereocenters. The zero-order valence-electron chi connectivity index (χ0n) is 10.4. The van der Waals surface area contributed by atoms with Gasteiger partial charge in [0.05, 0.1) is 16.7 Å². The standard InChI is InChI=1S/C13H12FN3OS.ClH/c14-12-2-10(18-5-9-6-19-7-16-9)3-13-11(12)1-8(4-15)17-13;/h1-3,6-7,17H,4-5,15H2;1H. The number of fused-ring (bicyclic) bond motifs is 1. The van der Waals surface area contributed by atoms with E-state index in [1.807, 2.05) is 5.38 Å². The van der Waals surface area contributed by atoms with E-state index in [2.05, 4.69) is 9.97 Å². The lowest BCUT2D eigenvalue weighted by Gasteiger charge is -2.05. The first-order chi connectivity index (χ1) is 9.26. The smallest absolute Gasteiger partial charge is 0.136 e. The summed E-state index contributed by atoms with van der Waals surface area (Å²) in [5, 5.41) is 2.43. The number of aromatic nitrogens is 2. The van der Waals surface area contributed by atoms with Gasteiger partial charge in [0.15, 0.2) is 0 Å². The Morgan fingerprint density at radius 2 is 2.20 bits per heavy atom. The summed E-state index contributed by atoms with van der Waals surface area (Å²) < 4.78 is 19.4. The molecule has 0 radical (unpaired) electrons. The highest BCUT2D eigenvalue weighted by molar-refractivity contribution is 7.07. The lowest BCUT2D eigenvalue weighted by atomic mass is 10.2. The van der Waals surface area contributed by atoms with E-state index in [9.17, 15) is 4.39 Å². The monoisotopic (exact) mass is 313 g/mol. The molecule has 0 aliphatic carbocycles. The van der Waals surface area contributed by atoms with Crippen molar-refractivity contribution in [1.29, 1.82) is 0 Å². The molecule has 0 aliphatic rings. The molecular formula is C13H13ClFN3OS. The number of ether oxygens (including phenoxy) is 1. The van der Waals surface area contributed by atoms with Gasteiger partial charge in [0.25, 0.3) is 0 Å². The number of nitrogens with two attached hydrogens (primary N) is 1. The number of halogens is 2. The number of rotatable bonds is 4. The summed E-state index contributed by atoms with van der Waals surface area (Å²) in [4.78, 5) is 7.17. The van der Waals surface area contributed by atoms with Crippen molar-refractivity contribution in [3.05, 3.63) is 46.3 Å². The Morgan fingerprint density at radius 1 is 1.35 bits per heavy atom. The molecule has 0 spiro atoms. The summed E-state index contributed by atoms with van der Waals surface area (Å²) in [6, 6.07) is 4.86. The van der Waals surface area contributed by atoms with Crippen LogP contribution in [0.5, 0.6) is 5.75 Å². The van der Waals surface area contributed by atoms with E-state index in [-0.39, 0.29) is 18.2 Å². The largest absolute Gasteiger partial charge is 0.487 e. The average Bonchev–Trinajstić information content (AvgIpc) is 3.05. The SMILES string of the molecule is Cl.NCc1cc2c(F)cc(OCc3cscn3)cc2[nH]1. The highest BCUT2D eigenvalue weighted by atomic mass is 35.5. The zero-order valence-corrected chi connectivity index (χ0v) is 12.1. The Bertz CT molecular complexity index is 699. The van der Waals surface area contributed by atoms with Crippen molar-refractivity contribution in [3.8, 4) is 5.75 Å². The molecule has 2 heterocycles. The fourth-order valence-electron chi connectivity index (χ4n) is 1.89. The fourth-order valence-corrected chi connectivity index (χ4v) is 2.43. The summed E-state index contributed by atoms with van der Waals surface area (Å²) >= 11 is 1.50. The predicted molar refractivity (Wildman–Crippen MR) is 79.8 cm³/mol. The summed E-state index contributed by atoms with van der Waals surface area (Å²) in [5.74, 6) is 0.158. The van der Waals surface area contributed by atoms with Gasteiger partial charge in [0.1, 0.15) is 18.2 Å². The molecule has 3 N–H and O–H groups in total. The minimum Gasteiger partial charge on any atom is -0.487 e. The maximum atomic E-state index is 13.9. The van der Waals surface area contributed by atoms with Crippen molar-refractivity contribution >= 4 is 34.6 Å². The Kier molecular flexibility index (Phi) is 4.59. The minimum absolute atomic E-state index is 0. The summed E-state index contributed by atoms with van der Waals surface area (Å²) in [5.41, 5.74) is 9.59. The van der Waals surface area contributed by atoms with Crippen molar-refractivity contribution in [2.75, 3.05) is 0 Å². The van der Waals surface area contributed by atoms with Crippen LogP contribution in [0.1, 0.15) is 11.4 Å². The number of thiazole rings is 1. The van der Waals surface area contributed by atoms with E-state index in [0.29, 0.717) is 29.8 Å². The molecule has 0 unspecified atom stereocenters. The van der Waals surface area contributed by atoms with Crippen LogP contribution >= 0.6 is 23.7 Å². The highest BCUT2D eigenvalue weighted by Gasteiger charge is 2.08. The lowest BCUT2D eigenvalue weighted by Crippen LogP contribution is -1.96. The van der Waals surface area contributed by atoms with Crippen LogP contribution in [-0.4, -0.2) is 9.97 Å². The number of benzene rings is 1. The van der Waals surface area contributed by atoms with Gasteiger partial charge in [-0.05, 0) is 6.07 Å². The number of hydrogen-bond acceptors (Lipinski definition) is 4. The number of hydrogen-bond donors (Lipinski definition) is 2. The number of nitrogens with one attached hydrogen (secondary N) is 1. The second kappa shape index (κ2) is 6.21. The van der Waals surface area contributed by atoms with Crippen LogP contribution in [0.2, 0.25) is 0 Å². The molecule has 0 bridgehead atoms. The first-order valence-electron chi connectivity index (χ1n) is 5.77. The van der Waals surface area contributed by atoms with Gasteiger partial charge in [-0.25, -0.2) is 9.37 Å². The molecule has 106 valence electrons. The molecule has 0 saturated heterocycles. The minimum atomic E-state index is -0.318. The van der Waals surface area contributed by atoms with E-state index >= 15 is 0 Å².